The van der Waals surface area contributed by atoms with Gasteiger partial charge in [-0.1, -0.05) is 48.5 Å². The van der Waals surface area contributed by atoms with Crippen LogP contribution >= 0.6 is 0 Å². The molecule has 0 unspecified atom stereocenters. The van der Waals surface area contributed by atoms with Crippen molar-refractivity contribution in [2.45, 2.75) is 6.54 Å². The Labute approximate surface area is 138 Å². The molecule has 0 aliphatic carbocycles. The van der Waals surface area contributed by atoms with Crippen LogP contribution in [0.15, 0.2) is 60.7 Å². The molecule has 3 N–H and O–H groups in total. The molecular weight excluding hydrogens is 284 g/mol. The maximum absolute atomic E-state index is 9.89. The van der Waals surface area contributed by atoms with Crippen LogP contribution in [0.5, 0.6) is 5.75 Å². The second kappa shape index (κ2) is 7.95. The summed E-state index contributed by atoms with van der Waals surface area (Å²) in [6.45, 7) is 6.76. The predicted octanol–water partition coefficient (Wildman–Crippen LogP) is 0.389. The van der Waals surface area contributed by atoms with E-state index in [1.807, 2.05) is 18.2 Å². The van der Waals surface area contributed by atoms with Crippen LogP contribution in [0.4, 0.5) is 0 Å². The molecule has 120 valence electrons. The largest absolute Gasteiger partial charge is 0.507 e. The highest BCUT2D eigenvalue weighted by Crippen LogP contribution is 2.13. The summed E-state index contributed by atoms with van der Waals surface area (Å²) in [5.74, 6) is 0.431. The van der Waals surface area contributed by atoms with Gasteiger partial charge in [0.25, 0.3) is 0 Å². The zero-order valence-electron chi connectivity index (χ0n) is 13.5. The molecule has 2 aromatic rings. The maximum Gasteiger partial charge on any atom is 0.127 e. The van der Waals surface area contributed by atoms with Crippen LogP contribution < -0.4 is 9.80 Å². The molecule has 1 aliphatic heterocycles. The molecule has 23 heavy (non-hydrogen) atoms. The van der Waals surface area contributed by atoms with Crippen LogP contribution in [0, 0.1) is 0 Å². The van der Waals surface area contributed by atoms with Gasteiger partial charge in [0.2, 0.25) is 0 Å². The summed E-state index contributed by atoms with van der Waals surface area (Å²) in [5.41, 5.74) is 2.34. The highest BCUT2D eigenvalue weighted by molar-refractivity contribution is 5.48. The summed E-state index contributed by atoms with van der Waals surface area (Å²) in [7, 11) is 0. The highest BCUT2D eigenvalue weighted by Gasteiger charge is 2.22. The van der Waals surface area contributed by atoms with Crippen LogP contribution in [-0.2, 0) is 6.54 Å². The van der Waals surface area contributed by atoms with E-state index < -0.39 is 0 Å². The Kier molecular flexibility index (Phi) is 5.46. The number of phenolic OH excluding ortho intramolecular Hbond substituents is 1. The molecule has 0 saturated carbocycles. The van der Waals surface area contributed by atoms with Crippen LogP contribution in [0.3, 0.4) is 0 Å². The van der Waals surface area contributed by atoms with Crippen molar-refractivity contribution >= 4 is 6.08 Å². The normalized spacial score (nSPS) is 21.6. The van der Waals surface area contributed by atoms with Gasteiger partial charge in [-0.2, -0.15) is 0 Å². The summed E-state index contributed by atoms with van der Waals surface area (Å²) in [6, 6.07) is 18.2. The highest BCUT2D eigenvalue weighted by atomic mass is 16.3. The summed E-state index contributed by atoms with van der Waals surface area (Å²) in [5, 5.41) is 9.89. The van der Waals surface area contributed by atoms with E-state index in [-0.39, 0.29) is 0 Å². The van der Waals surface area contributed by atoms with E-state index in [1.165, 1.54) is 31.7 Å². The quantitative estimate of drug-likeness (QED) is 0.733. The smallest absolute Gasteiger partial charge is 0.127 e. The van der Waals surface area contributed by atoms with Gasteiger partial charge in [-0.05, 0) is 23.8 Å². The number of aromatic hydroxyl groups is 1. The Bertz CT molecular complexity index is 631. The minimum absolute atomic E-state index is 0.431. The number of nitrogens with one attached hydrogen (secondary N) is 2. The molecule has 3 rings (SSSR count). The van der Waals surface area contributed by atoms with Crippen molar-refractivity contribution in [3.63, 3.8) is 0 Å². The fourth-order valence-electron chi connectivity index (χ4n) is 3.19. The second-order valence-electron chi connectivity index (χ2n) is 6.32. The number of hydrogen-bond donors (Lipinski definition) is 3. The summed E-state index contributed by atoms with van der Waals surface area (Å²) < 4.78 is 0. The monoisotopic (exact) mass is 310 g/mol. The lowest BCUT2D eigenvalue weighted by Gasteiger charge is -2.29. The van der Waals surface area contributed by atoms with Crippen molar-refractivity contribution in [1.82, 2.24) is 0 Å². The lowest BCUT2D eigenvalue weighted by atomic mass is 10.1. The Morgan fingerprint density at radius 2 is 1.48 bits per heavy atom. The minimum atomic E-state index is 0.431. The summed E-state index contributed by atoms with van der Waals surface area (Å²) in [4.78, 5) is 3.22. The molecule has 1 aliphatic rings. The van der Waals surface area contributed by atoms with Crippen molar-refractivity contribution in [1.29, 1.82) is 0 Å². The first-order chi connectivity index (χ1) is 11.3. The molecule has 0 bridgehead atoms. The van der Waals surface area contributed by atoms with E-state index in [1.54, 1.807) is 15.9 Å². The second-order valence-corrected chi connectivity index (χ2v) is 6.32. The van der Waals surface area contributed by atoms with E-state index >= 15 is 0 Å². The Hall–Kier alpha value is -2.10. The van der Waals surface area contributed by atoms with Gasteiger partial charge in [-0.3, -0.25) is 0 Å². The standard InChI is InChI=1S/C20H24N2O/c23-20-11-5-4-10-19(20)17-22-15-13-21(14-16-22)12-6-9-18-7-2-1-3-8-18/h1-11,23H,12-17H2/p+2/b9-6+. The van der Waals surface area contributed by atoms with E-state index in [0.29, 0.717) is 5.75 Å². The van der Waals surface area contributed by atoms with Crippen LogP contribution in [0.1, 0.15) is 11.1 Å². The molecule has 0 radical (unpaired) electrons. The zero-order chi connectivity index (χ0) is 15.9. The molecule has 1 saturated heterocycles. The molecule has 0 amide bonds. The van der Waals surface area contributed by atoms with E-state index in [4.69, 9.17) is 0 Å². The molecule has 0 spiro atoms. The molecule has 1 heterocycles. The third kappa shape index (κ3) is 4.68. The molecule has 0 atom stereocenters. The summed E-state index contributed by atoms with van der Waals surface area (Å²) >= 11 is 0. The third-order valence-electron chi connectivity index (χ3n) is 4.61. The van der Waals surface area contributed by atoms with Crippen LogP contribution in [0.2, 0.25) is 0 Å². The van der Waals surface area contributed by atoms with Crippen molar-refractivity contribution in [2.75, 3.05) is 32.7 Å². The fraction of sp³-hybridized carbons (Fsp3) is 0.300. The number of benzene rings is 2. The van der Waals surface area contributed by atoms with Gasteiger partial charge in [0.1, 0.15) is 38.5 Å². The van der Waals surface area contributed by atoms with Crippen LogP contribution in [-0.4, -0.2) is 37.8 Å². The Balaban J connectivity index is 1.44. The lowest BCUT2D eigenvalue weighted by molar-refractivity contribution is -1.02. The third-order valence-corrected chi connectivity index (χ3v) is 4.61. The maximum atomic E-state index is 9.89. The molecular formula is C20H26N2O+2. The van der Waals surface area contributed by atoms with E-state index in [0.717, 1.165) is 18.7 Å². The summed E-state index contributed by atoms with van der Waals surface area (Å²) in [6.07, 6.45) is 4.51. The van der Waals surface area contributed by atoms with Crippen molar-refractivity contribution < 1.29 is 14.9 Å². The number of phenols is 1. The lowest BCUT2D eigenvalue weighted by Crippen LogP contribution is -3.27. The molecule has 3 heteroatoms. The van der Waals surface area contributed by atoms with Crippen LogP contribution in [0.25, 0.3) is 6.08 Å². The number of quaternary nitrogens is 2. The van der Waals surface area contributed by atoms with E-state index in [9.17, 15) is 5.11 Å². The van der Waals surface area contributed by atoms with E-state index in [2.05, 4.69) is 42.5 Å². The Morgan fingerprint density at radius 3 is 2.22 bits per heavy atom. The molecule has 3 nitrogen and oxygen atoms in total. The fourth-order valence-corrected chi connectivity index (χ4v) is 3.19. The van der Waals surface area contributed by atoms with Gasteiger partial charge in [-0.25, -0.2) is 0 Å². The zero-order valence-corrected chi connectivity index (χ0v) is 13.5. The van der Waals surface area contributed by atoms with Crippen molar-refractivity contribution in [3.8, 4) is 5.75 Å². The van der Waals surface area contributed by atoms with Gasteiger partial charge < -0.3 is 14.9 Å². The first-order valence-electron chi connectivity index (χ1n) is 8.47. The molecule has 2 aromatic carbocycles. The first-order valence-corrected chi connectivity index (χ1v) is 8.47. The topological polar surface area (TPSA) is 29.1 Å². The van der Waals surface area contributed by atoms with Crippen molar-refractivity contribution in [3.05, 3.63) is 71.8 Å². The number of hydrogen-bond acceptors (Lipinski definition) is 1. The number of rotatable bonds is 5. The average Bonchev–Trinajstić information content (AvgIpc) is 2.59. The molecule has 0 aromatic heterocycles. The van der Waals surface area contributed by atoms with Gasteiger partial charge in [0.05, 0.1) is 6.54 Å². The predicted molar refractivity (Wildman–Crippen MR) is 93.5 cm³/mol. The number of piperazine rings is 1. The minimum Gasteiger partial charge on any atom is -0.507 e. The average molecular weight is 310 g/mol. The van der Waals surface area contributed by atoms with Gasteiger partial charge >= 0.3 is 0 Å². The van der Waals surface area contributed by atoms with Gasteiger partial charge in [-0.15, -0.1) is 0 Å². The number of para-hydroxylation sites is 1. The molecule has 1 fully saturated rings. The Morgan fingerprint density at radius 1 is 0.826 bits per heavy atom. The van der Waals surface area contributed by atoms with Gasteiger partial charge in [0.15, 0.2) is 0 Å². The first kappa shape index (κ1) is 15.8. The SMILES string of the molecule is Oc1ccccc1C[NH+]1CC[NH+](C/C=C/c2ccccc2)CC1. The van der Waals surface area contributed by atoms with Gasteiger partial charge in [0, 0.05) is 5.56 Å². The van der Waals surface area contributed by atoms with Crippen molar-refractivity contribution in [2.24, 2.45) is 0 Å².